The molecule has 0 fully saturated rings. The van der Waals surface area contributed by atoms with Gasteiger partial charge in [-0.2, -0.15) is 5.10 Å². The van der Waals surface area contributed by atoms with Gasteiger partial charge in [0.15, 0.2) is 0 Å². The molecule has 2 aromatic rings. The SMILES string of the molecule is CCn1nc(C)c(N)c1C(=O)Nc1ccc(C)c(F)c1. The van der Waals surface area contributed by atoms with Crippen LogP contribution in [-0.2, 0) is 6.54 Å². The van der Waals surface area contributed by atoms with Gasteiger partial charge in [-0.1, -0.05) is 6.07 Å². The molecular weight excluding hydrogens is 259 g/mol. The number of amides is 1. The number of rotatable bonds is 3. The second-order valence-electron chi connectivity index (χ2n) is 4.58. The Morgan fingerprint density at radius 3 is 2.75 bits per heavy atom. The van der Waals surface area contributed by atoms with Crippen LogP contribution in [0.3, 0.4) is 0 Å². The minimum absolute atomic E-state index is 0.297. The molecule has 20 heavy (non-hydrogen) atoms. The van der Waals surface area contributed by atoms with Crippen molar-refractivity contribution < 1.29 is 9.18 Å². The Morgan fingerprint density at radius 1 is 1.45 bits per heavy atom. The van der Waals surface area contributed by atoms with Gasteiger partial charge >= 0.3 is 0 Å². The summed E-state index contributed by atoms with van der Waals surface area (Å²) in [6.07, 6.45) is 0. The van der Waals surface area contributed by atoms with Crippen LogP contribution >= 0.6 is 0 Å². The lowest BCUT2D eigenvalue weighted by atomic mass is 10.2. The lowest BCUT2D eigenvalue weighted by molar-refractivity contribution is 0.101. The zero-order valence-corrected chi connectivity index (χ0v) is 11.7. The van der Waals surface area contributed by atoms with Gasteiger partial charge in [0, 0.05) is 12.2 Å². The van der Waals surface area contributed by atoms with Crippen molar-refractivity contribution in [2.24, 2.45) is 0 Å². The minimum Gasteiger partial charge on any atom is -0.395 e. The molecule has 0 aliphatic rings. The lowest BCUT2D eigenvalue weighted by Gasteiger charge is -2.08. The molecule has 0 aliphatic heterocycles. The van der Waals surface area contributed by atoms with Gasteiger partial charge in [-0.3, -0.25) is 9.48 Å². The van der Waals surface area contributed by atoms with E-state index in [4.69, 9.17) is 5.73 Å². The average molecular weight is 276 g/mol. The van der Waals surface area contributed by atoms with Crippen LogP contribution in [0.1, 0.15) is 28.7 Å². The number of halogens is 1. The number of anilines is 2. The first-order valence-electron chi connectivity index (χ1n) is 6.34. The van der Waals surface area contributed by atoms with E-state index in [-0.39, 0.29) is 5.82 Å². The van der Waals surface area contributed by atoms with Gasteiger partial charge in [-0.05, 0) is 38.5 Å². The number of aryl methyl sites for hydroxylation is 3. The van der Waals surface area contributed by atoms with Crippen LogP contribution in [0.4, 0.5) is 15.8 Å². The monoisotopic (exact) mass is 276 g/mol. The first-order valence-corrected chi connectivity index (χ1v) is 6.34. The van der Waals surface area contributed by atoms with E-state index in [9.17, 15) is 9.18 Å². The molecule has 106 valence electrons. The van der Waals surface area contributed by atoms with Crippen molar-refractivity contribution in [2.45, 2.75) is 27.3 Å². The van der Waals surface area contributed by atoms with Crippen LogP contribution in [0.25, 0.3) is 0 Å². The maximum Gasteiger partial charge on any atom is 0.276 e. The summed E-state index contributed by atoms with van der Waals surface area (Å²) in [6.45, 7) is 5.80. The number of nitrogens with zero attached hydrogens (tertiary/aromatic N) is 2. The number of nitrogen functional groups attached to an aromatic ring is 1. The highest BCUT2D eigenvalue weighted by Crippen LogP contribution is 2.19. The predicted molar refractivity (Wildman–Crippen MR) is 76.1 cm³/mol. The summed E-state index contributed by atoms with van der Waals surface area (Å²) < 4.78 is 15.0. The van der Waals surface area contributed by atoms with Crippen molar-refractivity contribution in [1.82, 2.24) is 9.78 Å². The van der Waals surface area contributed by atoms with Gasteiger partial charge in [0.25, 0.3) is 5.91 Å². The van der Waals surface area contributed by atoms with E-state index in [1.807, 2.05) is 6.92 Å². The zero-order chi connectivity index (χ0) is 14.9. The number of benzene rings is 1. The van der Waals surface area contributed by atoms with Crippen LogP contribution < -0.4 is 11.1 Å². The van der Waals surface area contributed by atoms with Crippen LogP contribution in [0.2, 0.25) is 0 Å². The molecule has 5 nitrogen and oxygen atoms in total. The Hall–Kier alpha value is -2.37. The van der Waals surface area contributed by atoms with E-state index in [0.29, 0.717) is 34.9 Å². The van der Waals surface area contributed by atoms with E-state index in [0.717, 1.165) is 0 Å². The Kier molecular flexibility index (Phi) is 3.74. The largest absolute Gasteiger partial charge is 0.395 e. The Morgan fingerprint density at radius 2 is 2.15 bits per heavy atom. The summed E-state index contributed by atoms with van der Waals surface area (Å²) in [6, 6.07) is 4.53. The van der Waals surface area contributed by atoms with Crippen molar-refractivity contribution in [2.75, 3.05) is 11.1 Å². The number of hydrogen-bond donors (Lipinski definition) is 2. The van der Waals surface area contributed by atoms with Gasteiger partial charge in [0.05, 0.1) is 11.4 Å². The maximum atomic E-state index is 13.5. The minimum atomic E-state index is -0.395. The number of hydrogen-bond acceptors (Lipinski definition) is 3. The van der Waals surface area contributed by atoms with Gasteiger partial charge in [-0.15, -0.1) is 0 Å². The van der Waals surface area contributed by atoms with Gasteiger partial charge < -0.3 is 11.1 Å². The highest BCUT2D eigenvalue weighted by atomic mass is 19.1. The number of aromatic nitrogens is 2. The lowest BCUT2D eigenvalue weighted by Crippen LogP contribution is -2.19. The van der Waals surface area contributed by atoms with Gasteiger partial charge in [0.1, 0.15) is 11.5 Å². The van der Waals surface area contributed by atoms with E-state index >= 15 is 0 Å². The molecule has 6 heteroatoms. The fraction of sp³-hybridized carbons (Fsp3) is 0.286. The molecule has 1 aromatic carbocycles. The molecule has 0 aliphatic carbocycles. The smallest absolute Gasteiger partial charge is 0.276 e. The third kappa shape index (κ3) is 2.49. The first kappa shape index (κ1) is 14.0. The van der Waals surface area contributed by atoms with Gasteiger partial charge in [-0.25, -0.2) is 4.39 Å². The van der Waals surface area contributed by atoms with E-state index in [2.05, 4.69) is 10.4 Å². The van der Waals surface area contributed by atoms with E-state index in [1.165, 1.54) is 10.7 Å². The van der Waals surface area contributed by atoms with E-state index in [1.54, 1.807) is 26.0 Å². The Bertz CT molecular complexity index is 663. The zero-order valence-electron chi connectivity index (χ0n) is 11.7. The van der Waals surface area contributed by atoms with Crippen molar-refractivity contribution >= 4 is 17.3 Å². The summed E-state index contributed by atoms with van der Waals surface area (Å²) >= 11 is 0. The normalized spacial score (nSPS) is 10.6. The molecular formula is C14H17FN4O. The quantitative estimate of drug-likeness (QED) is 0.904. The summed E-state index contributed by atoms with van der Waals surface area (Å²) in [5.74, 6) is -0.760. The maximum absolute atomic E-state index is 13.5. The highest BCUT2D eigenvalue weighted by molar-refractivity contribution is 6.06. The van der Waals surface area contributed by atoms with E-state index < -0.39 is 5.91 Å². The molecule has 2 rings (SSSR count). The van der Waals surface area contributed by atoms with Gasteiger partial charge in [0.2, 0.25) is 0 Å². The summed E-state index contributed by atoms with van der Waals surface area (Å²) in [4.78, 5) is 12.2. The number of nitrogens with one attached hydrogen (secondary N) is 1. The van der Waals surface area contributed by atoms with Crippen molar-refractivity contribution in [3.8, 4) is 0 Å². The molecule has 0 radical (unpaired) electrons. The van der Waals surface area contributed by atoms with Crippen molar-refractivity contribution in [3.05, 3.63) is 41.0 Å². The highest BCUT2D eigenvalue weighted by Gasteiger charge is 2.19. The molecule has 0 atom stereocenters. The average Bonchev–Trinajstić information content (AvgIpc) is 2.69. The molecule has 3 N–H and O–H groups in total. The number of nitrogens with two attached hydrogens (primary N) is 1. The molecule has 1 heterocycles. The van der Waals surface area contributed by atoms with Crippen molar-refractivity contribution in [1.29, 1.82) is 0 Å². The topological polar surface area (TPSA) is 72.9 Å². The van der Waals surface area contributed by atoms with Crippen molar-refractivity contribution in [3.63, 3.8) is 0 Å². The molecule has 1 aromatic heterocycles. The molecule has 0 saturated heterocycles. The molecule has 0 spiro atoms. The van der Waals surface area contributed by atoms with Crippen LogP contribution in [-0.4, -0.2) is 15.7 Å². The summed E-state index contributed by atoms with van der Waals surface area (Å²) in [7, 11) is 0. The second-order valence-corrected chi connectivity index (χ2v) is 4.58. The molecule has 1 amide bonds. The number of carbonyl (C=O) groups is 1. The van der Waals surface area contributed by atoms with Crippen LogP contribution in [0.15, 0.2) is 18.2 Å². The Balaban J connectivity index is 2.30. The fourth-order valence-corrected chi connectivity index (χ4v) is 1.92. The third-order valence-electron chi connectivity index (χ3n) is 3.12. The standard InChI is InChI=1S/C14H17FN4O/c1-4-19-13(12(16)9(3)18-19)14(20)17-10-6-5-8(2)11(15)7-10/h5-7H,4,16H2,1-3H3,(H,17,20). The number of carbonyl (C=O) groups excluding carboxylic acids is 1. The molecule has 0 bridgehead atoms. The third-order valence-corrected chi connectivity index (χ3v) is 3.12. The van der Waals surface area contributed by atoms with Crippen LogP contribution in [0.5, 0.6) is 0 Å². The fourth-order valence-electron chi connectivity index (χ4n) is 1.92. The summed E-state index contributed by atoms with van der Waals surface area (Å²) in [5, 5.41) is 6.82. The predicted octanol–water partition coefficient (Wildman–Crippen LogP) is 2.49. The second kappa shape index (κ2) is 5.32. The van der Waals surface area contributed by atoms with Crippen LogP contribution in [0, 0.1) is 19.7 Å². The summed E-state index contributed by atoms with van der Waals surface area (Å²) in [5.41, 5.74) is 8.03. The first-order chi connectivity index (χ1) is 9.43. The Labute approximate surface area is 116 Å². The molecule has 0 saturated carbocycles. The molecule has 0 unspecified atom stereocenters.